The average Bonchev–Trinajstić information content (AvgIpc) is 2.39. The number of benzene rings is 1. The first-order valence-electron chi connectivity index (χ1n) is 5.92. The molecule has 5 heteroatoms. The molecular formula is C14H15Cl2N3. The number of hydrogen-bond donors (Lipinski definition) is 2. The molecule has 0 aliphatic carbocycles. The molecule has 0 saturated carbocycles. The quantitative estimate of drug-likeness (QED) is 0.671. The van der Waals surface area contributed by atoms with Gasteiger partial charge in [-0.1, -0.05) is 35.3 Å². The predicted octanol–water partition coefficient (Wildman–Crippen LogP) is 3.44. The Balaban J connectivity index is 2.21. The second-order valence-corrected chi connectivity index (χ2v) is 5.24. The predicted molar refractivity (Wildman–Crippen MR) is 79.2 cm³/mol. The number of aryl methyl sites for hydroxylation is 1. The lowest BCUT2D eigenvalue weighted by Gasteiger charge is -2.17. The third-order valence-corrected chi connectivity index (χ3v) is 3.56. The molecule has 1 unspecified atom stereocenters. The van der Waals surface area contributed by atoms with Crippen LogP contribution in [0.1, 0.15) is 22.9 Å². The van der Waals surface area contributed by atoms with Gasteiger partial charge in [0.05, 0.1) is 6.04 Å². The van der Waals surface area contributed by atoms with E-state index in [1.165, 1.54) is 0 Å². The zero-order chi connectivity index (χ0) is 13.8. The molecule has 19 heavy (non-hydrogen) atoms. The van der Waals surface area contributed by atoms with E-state index in [2.05, 4.69) is 10.4 Å². The number of halogens is 2. The van der Waals surface area contributed by atoms with Crippen molar-refractivity contribution in [2.24, 2.45) is 5.84 Å². The standard InChI is InChI=1S/C14H15Cl2N3/c1-9-2-3-11(8-18-9)14(19-17)6-10-4-5-12(15)7-13(10)16/h2-5,7-8,14,19H,6,17H2,1H3. The molecule has 1 aromatic carbocycles. The van der Waals surface area contributed by atoms with Crippen molar-refractivity contribution in [3.63, 3.8) is 0 Å². The number of aromatic nitrogens is 1. The second kappa shape index (κ2) is 6.35. The largest absolute Gasteiger partial charge is 0.271 e. The first-order valence-corrected chi connectivity index (χ1v) is 6.68. The first-order chi connectivity index (χ1) is 9.10. The summed E-state index contributed by atoms with van der Waals surface area (Å²) in [5.74, 6) is 5.62. The average molecular weight is 296 g/mol. The molecule has 0 saturated heterocycles. The van der Waals surface area contributed by atoms with Crippen molar-refractivity contribution in [3.05, 3.63) is 63.4 Å². The minimum absolute atomic E-state index is 0.0354. The molecule has 0 spiro atoms. The fourth-order valence-corrected chi connectivity index (χ4v) is 2.35. The highest BCUT2D eigenvalue weighted by atomic mass is 35.5. The van der Waals surface area contributed by atoms with Crippen LogP contribution in [0.2, 0.25) is 10.0 Å². The van der Waals surface area contributed by atoms with Crippen molar-refractivity contribution < 1.29 is 0 Å². The fraction of sp³-hybridized carbons (Fsp3) is 0.214. The molecule has 1 aromatic heterocycles. The Morgan fingerprint density at radius 2 is 2.05 bits per heavy atom. The van der Waals surface area contributed by atoms with Gasteiger partial charge in [0.2, 0.25) is 0 Å². The lowest BCUT2D eigenvalue weighted by Crippen LogP contribution is -2.29. The smallest absolute Gasteiger partial charge is 0.0516 e. The topological polar surface area (TPSA) is 50.9 Å². The molecule has 2 rings (SSSR count). The van der Waals surface area contributed by atoms with Crippen LogP contribution >= 0.6 is 23.2 Å². The van der Waals surface area contributed by atoms with Crippen molar-refractivity contribution in [1.82, 2.24) is 10.4 Å². The van der Waals surface area contributed by atoms with E-state index >= 15 is 0 Å². The maximum absolute atomic E-state index is 6.17. The number of hydrogen-bond acceptors (Lipinski definition) is 3. The van der Waals surface area contributed by atoms with Gasteiger partial charge in [-0.2, -0.15) is 0 Å². The summed E-state index contributed by atoms with van der Waals surface area (Å²) < 4.78 is 0. The zero-order valence-corrected chi connectivity index (χ0v) is 12.0. The van der Waals surface area contributed by atoms with Gasteiger partial charge in [-0.15, -0.1) is 0 Å². The molecule has 3 N–H and O–H groups in total. The van der Waals surface area contributed by atoms with Crippen molar-refractivity contribution in [2.45, 2.75) is 19.4 Å². The molecule has 0 aliphatic heterocycles. The Bertz CT molecular complexity index is 555. The number of nitrogens with zero attached hydrogens (tertiary/aromatic N) is 1. The van der Waals surface area contributed by atoms with E-state index in [-0.39, 0.29) is 6.04 Å². The summed E-state index contributed by atoms with van der Waals surface area (Å²) in [5, 5.41) is 1.27. The van der Waals surface area contributed by atoms with Crippen molar-refractivity contribution in [1.29, 1.82) is 0 Å². The number of hydrazine groups is 1. The van der Waals surface area contributed by atoms with Crippen LogP contribution in [0.25, 0.3) is 0 Å². The highest BCUT2D eigenvalue weighted by molar-refractivity contribution is 6.35. The van der Waals surface area contributed by atoms with E-state index in [4.69, 9.17) is 29.0 Å². The third-order valence-electron chi connectivity index (χ3n) is 2.98. The van der Waals surface area contributed by atoms with Crippen LogP contribution in [-0.2, 0) is 6.42 Å². The summed E-state index contributed by atoms with van der Waals surface area (Å²) in [7, 11) is 0. The number of nitrogens with two attached hydrogens (primary N) is 1. The van der Waals surface area contributed by atoms with Crippen molar-refractivity contribution in [2.75, 3.05) is 0 Å². The monoisotopic (exact) mass is 295 g/mol. The molecule has 3 nitrogen and oxygen atoms in total. The van der Waals surface area contributed by atoms with E-state index in [9.17, 15) is 0 Å². The van der Waals surface area contributed by atoms with Crippen molar-refractivity contribution in [3.8, 4) is 0 Å². The van der Waals surface area contributed by atoms with E-state index < -0.39 is 0 Å². The van der Waals surface area contributed by atoms with Gasteiger partial charge in [0.15, 0.2) is 0 Å². The van der Waals surface area contributed by atoms with Crippen molar-refractivity contribution >= 4 is 23.2 Å². The van der Waals surface area contributed by atoms with Gasteiger partial charge in [0.25, 0.3) is 0 Å². The van der Waals surface area contributed by atoms with Crippen LogP contribution in [0, 0.1) is 6.92 Å². The lowest BCUT2D eigenvalue weighted by atomic mass is 10.0. The highest BCUT2D eigenvalue weighted by Crippen LogP contribution is 2.25. The van der Waals surface area contributed by atoms with Crippen LogP contribution in [0.3, 0.4) is 0 Å². The molecule has 0 radical (unpaired) electrons. The van der Waals surface area contributed by atoms with E-state index in [1.807, 2.05) is 37.4 Å². The number of rotatable bonds is 4. The number of nitrogens with one attached hydrogen (secondary N) is 1. The van der Waals surface area contributed by atoms with Crippen LogP contribution in [0.5, 0.6) is 0 Å². The Morgan fingerprint density at radius 1 is 1.26 bits per heavy atom. The van der Waals surface area contributed by atoms with Gasteiger partial charge < -0.3 is 0 Å². The van der Waals surface area contributed by atoms with Crippen LogP contribution in [0.4, 0.5) is 0 Å². The maximum atomic E-state index is 6.17. The first kappa shape index (κ1) is 14.3. The van der Waals surface area contributed by atoms with Gasteiger partial charge in [0, 0.05) is 21.9 Å². The van der Waals surface area contributed by atoms with Gasteiger partial charge >= 0.3 is 0 Å². The van der Waals surface area contributed by atoms with Crippen LogP contribution in [0.15, 0.2) is 36.5 Å². The maximum Gasteiger partial charge on any atom is 0.0516 e. The Hall–Kier alpha value is -1.13. The third kappa shape index (κ3) is 3.67. The SMILES string of the molecule is Cc1ccc(C(Cc2ccc(Cl)cc2Cl)NN)cn1. The van der Waals surface area contributed by atoms with E-state index in [0.29, 0.717) is 16.5 Å². The van der Waals surface area contributed by atoms with Crippen LogP contribution in [-0.4, -0.2) is 4.98 Å². The second-order valence-electron chi connectivity index (χ2n) is 4.39. The molecule has 1 heterocycles. The molecule has 0 fully saturated rings. The minimum Gasteiger partial charge on any atom is -0.271 e. The summed E-state index contributed by atoms with van der Waals surface area (Å²) in [6.45, 7) is 1.95. The van der Waals surface area contributed by atoms with Gasteiger partial charge in [-0.25, -0.2) is 0 Å². The highest BCUT2D eigenvalue weighted by Gasteiger charge is 2.13. The number of pyridine rings is 1. The summed E-state index contributed by atoms with van der Waals surface area (Å²) in [4.78, 5) is 4.28. The van der Waals surface area contributed by atoms with Gasteiger partial charge in [-0.3, -0.25) is 16.3 Å². The van der Waals surface area contributed by atoms with Crippen LogP contribution < -0.4 is 11.3 Å². The molecule has 0 bridgehead atoms. The molecule has 0 amide bonds. The molecule has 0 aliphatic rings. The van der Waals surface area contributed by atoms with E-state index in [1.54, 1.807) is 6.07 Å². The Kier molecular flexibility index (Phi) is 4.77. The summed E-state index contributed by atoms with van der Waals surface area (Å²) in [6, 6.07) is 9.41. The molecular weight excluding hydrogens is 281 g/mol. The molecule has 100 valence electrons. The van der Waals surface area contributed by atoms with E-state index in [0.717, 1.165) is 16.8 Å². The van der Waals surface area contributed by atoms with Gasteiger partial charge in [0.1, 0.15) is 0 Å². The minimum atomic E-state index is -0.0354. The Morgan fingerprint density at radius 3 is 2.63 bits per heavy atom. The summed E-state index contributed by atoms with van der Waals surface area (Å²) in [6.07, 6.45) is 2.50. The fourth-order valence-electron chi connectivity index (χ4n) is 1.87. The normalized spacial score (nSPS) is 12.4. The molecule has 1 atom stereocenters. The van der Waals surface area contributed by atoms with Gasteiger partial charge in [-0.05, 0) is 42.7 Å². The Labute approximate surface area is 122 Å². The summed E-state index contributed by atoms with van der Waals surface area (Å²) >= 11 is 12.1. The summed E-state index contributed by atoms with van der Waals surface area (Å²) in [5.41, 5.74) is 5.79. The lowest BCUT2D eigenvalue weighted by molar-refractivity contribution is 0.550. The molecule has 2 aromatic rings. The zero-order valence-electron chi connectivity index (χ0n) is 10.5.